The monoisotopic (exact) mass is 240 g/mol. The van der Waals surface area contributed by atoms with E-state index in [0.29, 0.717) is 25.4 Å². The Bertz CT molecular complexity index is 290. The van der Waals surface area contributed by atoms with Crippen molar-refractivity contribution in [3.05, 3.63) is 0 Å². The molecule has 2 amide bonds. The van der Waals surface area contributed by atoms with Crippen molar-refractivity contribution >= 4 is 11.8 Å². The summed E-state index contributed by atoms with van der Waals surface area (Å²) in [5, 5.41) is 2.76. The third kappa shape index (κ3) is 2.97. The van der Waals surface area contributed by atoms with Crippen LogP contribution >= 0.6 is 0 Å². The van der Waals surface area contributed by atoms with Crippen LogP contribution in [0.1, 0.15) is 25.7 Å². The number of rotatable bonds is 2. The molecular weight excluding hydrogens is 220 g/mol. The van der Waals surface area contributed by atoms with Crippen LogP contribution in [-0.2, 0) is 14.3 Å². The van der Waals surface area contributed by atoms with Gasteiger partial charge in [-0.1, -0.05) is 0 Å². The first-order valence-electron chi connectivity index (χ1n) is 6.29. The van der Waals surface area contributed by atoms with Crippen LogP contribution in [0.2, 0.25) is 0 Å². The minimum atomic E-state index is -0.0412. The highest BCUT2D eigenvalue weighted by Gasteiger charge is 2.30. The molecule has 0 bridgehead atoms. The maximum atomic E-state index is 12.2. The molecule has 2 aliphatic heterocycles. The molecule has 0 aromatic carbocycles. The molecule has 0 aromatic rings. The predicted octanol–water partition coefficient (Wildman–Crippen LogP) is 0.150. The van der Waals surface area contributed by atoms with Crippen LogP contribution in [0.4, 0.5) is 0 Å². The van der Waals surface area contributed by atoms with E-state index in [9.17, 15) is 9.59 Å². The highest BCUT2D eigenvalue weighted by molar-refractivity contribution is 5.83. The maximum Gasteiger partial charge on any atom is 0.227 e. The Morgan fingerprint density at radius 3 is 2.65 bits per heavy atom. The van der Waals surface area contributed by atoms with Crippen LogP contribution in [-0.4, -0.2) is 49.6 Å². The van der Waals surface area contributed by atoms with Crippen LogP contribution < -0.4 is 5.32 Å². The van der Waals surface area contributed by atoms with Crippen molar-refractivity contribution < 1.29 is 14.3 Å². The largest absolute Gasteiger partial charge is 0.381 e. The molecule has 2 heterocycles. The Kier molecular flexibility index (Phi) is 3.99. The summed E-state index contributed by atoms with van der Waals surface area (Å²) in [6, 6.07) is 0.300. The van der Waals surface area contributed by atoms with Gasteiger partial charge in [0, 0.05) is 39.3 Å². The first-order valence-corrected chi connectivity index (χ1v) is 6.29. The molecule has 5 nitrogen and oxygen atoms in total. The standard InChI is InChI=1S/C12H20N2O3/c1-14(10-4-6-17-7-5-10)12(16)9-2-3-11(15)13-8-9/h9-10H,2-8H2,1H3,(H,13,15). The van der Waals surface area contributed by atoms with Gasteiger partial charge in [-0.15, -0.1) is 0 Å². The van der Waals surface area contributed by atoms with Gasteiger partial charge < -0.3 is 15.0 Å². The van der Waals surface area contributed by atoms with Crippen LogP contribution in [0.15, 0.2) is 0 Å². The van der Waals surface area contributed by atoms with E-state index in [1.54, 1.807) is 0 Å². The minimum Gasteiger partial charge on any atom is -0.381 e. The fraction of sp³-hybridized carbons (Fsp3) is 0.833. The normalized spacial score (nSPS) is 26.4. The number of hydrogen-bond donors (Lipinski definition) is 1. The van der Waals surface area contributed by atoms with Crippen molar-refractivity contribution in [2.75, 3.05) is 26.8 Å². The molecule has 1 N–H and O–H groups in total. The van der Waals surface area contributed by atoms with E-state index in [2.05, 4.69) is 5.32 Å². The molecule has 17 heavy (non-hydrogen) atoms. The van der Waals surface area contributed by atoms with Crippen LogP contribution in [0.5, 0.6) is 0 Å². The second kappa shape index (κ2) is 5.49. The highest BCUT2D eigenvalue weighted by atomic mass is 16.5. The molecule has 96 valence electrons. The third-order valence-corrected chi connectivity index (χ3v) is 3.70. The lowest BCUT2D eigenvalue weighted by molar-refractivity contribution is -0.139. The Morgan fingerprint density at radius 2 is 2.06 bits per heavy atom. The summed E-state index contributed by atoms with van der Waals surface area (Å²) in [7, 11) is 1.87. The number of nitrogens with zero attached hydrogens (tertiary/aromatic N) is 1. The van der Waals surface area contributed by atoms with Gasteiger partial charge in [0.1, 0.15) is 0 Å². The number of hydrogen-bond acceptors (Lipinski definition) is 3. The van der Waals surface area contributed by atoms with Gasteiger partial charge in [-0.3, -0.25) is 9.59 Å². The summed E-state index contributed by atoms with van der Waals surface area (Å²) in [4.78, 5) is 25.1. The molecule has 0 saturated carbocycles. The van der Waals surface area contributed by atoms with Crippen molar-refractivity contribution in [1.29, 1.82) is 0 Å². The van der Waals surface area contributed by atoms with Gasteiger partial charge in [0.15, 0.2) is 0 Å². The minimum absolute atomic E-state index is 0.0412. The molecule has 0 aromatic heterocycles. The zero-order valence-corrected chi connectivity index (χ0v) is 10.3. The predicted molar refractivity (Wildman–Crippen MR) is 62.3 cm³/mol. The lowest BCUT2D eigenvalue weighted by Crippen LogP contribution is -2.48. The van der Waals surface area contributed by atoms with E-state index in [-0.39, 0.29) is 17.7 Å². The number of carbonyl (C=O) groups excluding carboxylic acids is 2. The first kappa shape index (κ1) is 12.4. The number of nitrogens with one attached hydrogen (secondary N) is 1. The van der Waals surface area contributed by atoms with Gasteiger partial charge in [0.05, 0.1) is 5.92 Å². The van der Waals surface area contributed by atoms with Gasteiger partial charge in [0.2, 0.25) is 11.8 Å². The van der Waals surface area contributed by atoms with E-state index >= 15 is 0 Å². The van der Waals surface area contributed by atoms with Crippen molar-refractivity contribution in [2.24, 2.45) is 5.92 Å². The van der Waals surface area contributed by atoms with Gasteiger partial charge in [-0.2, -0.15) is 0 Å². The highest BCUT2D eigenvalue weighted by Crippen LogP contribution is 2.19. The number of piperidine rings is 1. The number of amides is 2. The van der Waals surface area contributed by atoms with Crippen molar-refractivity contribution in [3.63, 3.8) is 0 Å². The topological polar surface area (TPSA) is 58.6 Å². The van der Waals surface area contributed by atoms with E-state index in [0.717, 1.165) is 26.1 Å². The summed E-state index contributed by atoms with van der Waals surface area (Å²) in [5.74, 6) is 0.181. The van der Waals surface area contributed by atoms with Crippen LogP contribution in [0, 0.1) is 5.92 Å². The molecule has 2 saturated heterocycles. The summed E-state index contributed by atoms with van der Waals surface area (Å²) in [5.41, 5.74) is 0. The summed E-state index contributed by atoms with van der Waals surface area (Å²) < 4.78 is 5.29. The lowest BCUT2D eigenvalue weighted by Gasteiger charge is -2.34. The summed E-state index contributed by atoms with van der Waals surface area (Å²) in [6.07, 6.45) is 2.99. The molecule has 1 atom stereocenters. The van der Waals surface area contributed by atoms with Crippen LogP contribution in [0.3, 0.4) is 0 Å². The third-order valence-electron chi connectivity index (χ3n) is 3.70. The zero-order chi connectivity index (χ0) is 12.3. The van der Waals surface area contributed by atoms with E-state index in [4.69, 9.17) is 4.74 Å². The van der Waals surface area contributed by atoms with Crippen LogP contribution in [0.25, 0.3) is 0 Å². The molecule has 5 heteroatoms. The molecule has 2 aliphatic rings. The second-order valence-corrected chi connectivity index (χ2v) is 4.83. The first-order chi connectivity index (χ1) is 8.18. The van der Waals surface area contributed by atoms with Crippen molar-refractivity contribution in [1.82, 2.24) is 10.2 Å². The van der Waals surface area contributed by atoms with E-state index in [1.807, 2.05) is 11.9 Å². The zero-order valence-electron chi connectivity index (χ0n) is 10.3. The molecule has 0 aliphatic carbocycles. The Morgan fingerprint density at radius 1 is 1.35 bits per heavy atom. The second-order valence-electron chi connectivity index (χ2n) is 4.83. The van der Waals surface area contributed by atoms with Gasteiger partial charge in [0.25, 0.3) is 0 Å². The number of carbonyl (C=O) groups is 2. The average Bonchev–Trinajstić information content (AvgIpc) is 2.39. The van der Waals surface area contributed by atoms with Gasteiger partial charge in [-0.25, -0.2) is 0 Å². The molecule has 2 rings (SSSR count). The summed E-state index contributed by atoms with van der Waals surface area (Å²) >= 11 is 0. The average molecular weight is 240 g/mol. The van der Waals surface area contributed by atoms with E-state index in [1.165, 1.54) is 0 Å². The number of ether oxygens (including phenoxy) is 1. The van der Waals surface area contributed by atoms with Gasteiger partial charge in [-0.05, 0) is 19.3 Å². The molecular formula is C12H20N2O3. The molecule has 1 unspecified atom stereocenters. The fourth-order valence-electron chi connectivity index (χ4n) is 2.48. The van der Waals surface area contributed by atoms with Crippen molar-refractivity contribution in [2.45, 2.75) is 31.7 Å². The fourth-order valence-corrected chi connectivity index (χ4v) is 2.48. The Labute approximate surface area is 101 Å². The molecule has 0 spiro atoms. The lowest BCUT2D eigenvalue weighted by atomic mass is 9.96. The summed E-state index contributed by atoms with van der Waals surface area (Å²) in [6.45, 7) is 1.97. The maximum absolute atomic E-state index is 12.2. The van der Waals surface area contributed by atoms with Gasteiger partial charge >= 0.3 is 0 Å². The smallest absolute Gasteiger partial charge is 0.227 e. The molecule has 2 fully saturated rings. The molecule has 0 radical (unpaired) electrons. The van der Waals surface area contributed by atoms with Crippen molar-refractivity contribution in [3.8, 4) is 0 Å². The van der Waals surface area contributed by atoms with E-state index < -0.39 is 0 Å². The Balaban J connectivity index is 1.87. The quantitative estimate of drug-likeness (QED) is 0.747. The Hall–Kier alpha value is -1.10. The SMILES string of the molecule is CN(C(=O)C1CCC(=O)NC1)C1CCOCC1.